The lowest BCUT2D eigenvalue weighted by atomic mass is 9.92. The van der Waals surface area contributed by atoms with E-state index in [1.807, 2.05) is 97.8 Å². The van der Waals surface area contributed by atoms with Crippen LogP contribution in [0.5, 0.6) is 0 Å². The number of aromatic nitrogens is 4. The molecule has 0 N–H and O–H groups in total. The number of anilines is 6. The second kappa shape index (κ2) is 10.7. The third-order valence-electron chi connectivity index (χ3n) is 7.74. The van der Waals surface area contributed by atoms with Gasteiger partial charge in [0.25, 0.3) is 0 Å². The predicted molar refractivity (Wildman–Crippen MR) is 171 cm³/mol. The first-order valence-corrected chi connectivity index (χ1v) is 13.9. The van der Waals surface area contributed by atoms with Gasteiger partial charge in [-0.3, -0.25) is 19.8 Å². The summed E-state index contributed by atoms with van der Waals surface area (Å²) in [5, 5.41) is 4.89. The van der Waals surface area contributed by atoms with Gasteiger partial charge in [-0.2, -0.15) is 0 Å². The van der Waals surface area contributed by atoms with E-state index in [1.54, 1.807) is 0 Å². The van der Waals surface area contributed by atoms with E-state index in [0.29, 0.717) is 0 Å². The van der Waals surface area contributed by atoms with Crippen LogP contribution < -0.4 is 9.80 Å². The number of hydrogen-bond donors (Lipinski definition) is 0. The van der Waals surface area contributed by atoms with Gasteiger partial charge < -0.3 is 0 Å². The maximum atomic E-state index is 4.67. The molecule has 0 saturated carbocycles. The second-order valence-corrected chi connectivity index (χ2v) is 10.2. The molecule has 0 atom stereocenters. The summed E-state index contributed by atoms with van der Waals surface area (Å²) < 4.78 is 0. The predicted octanol–water partition coefficient (Wildman–Crippen LogP) is 9.13. The maximum Gasteiger partial charge on any atom is 0.137 e. The number of aryl methyl sites for hydroxylation is 2. The molecule has 0 aliphatic heterocycles. The minimum Gasteiger partial charge on any atom is -0.295 e. The van der Waals surface area contributed by atoms with Crippen molar-refractivity contribution in [3.8, 4) is 0 Å². The fourth-order valence-electron chi connectivity index (χ4n) is 5.69. The van der Waals surface area contributed by atoms with Gasteiger partial charge in [-0.05, 0) is 119 Å². The van der Waals surface area contributed by atoms with Crippen LogP contribution in [-0.4, -0.2) is 19.9 Å². The molecule has 6 heteroatoms. The van der Waals surface area contributed by atoms with Gasteiger partial charge in [0.15, 0.2) is 0 Å². The number of pyridine rings is 4. The summed E-state index contributed by atoms with van der Waals surface area (Å²) >= 11 is 0. The smallest absolute Gasteiger partial charge is 0.137 e. The molecule has 6 nitrogen and oxygen atoms in total. The largest absolute Gasteiger partial charge is 0.295 e. The first-order valence-electron chi connectivity index (χ1n) is 13.9. The first kappa shape index (κ1) is 25.4. The first-order chi connectivity index (χ1) is 20.7. The molecule has 202 valence electrons. The van der Waals surface area contributed by atoms with Crippen molar-refractivity contribution in [1.29, 1.82) is 0 Å². The lowest BCUT2D eigenvalue weighted by molar-refractivity contribution is 1.17. The molecule has 0 fully saturated rings. The van der Waals surface area contributed by atoms with Gasteiger partial charge in [-0.25, -0.2) is 9.97 Å². The SMILES string of the molecule is Cc1c2ccc(N(c3ccncc3)c3ccccn3)cc2c(C)c2ccc(N(c3ccncc3)c3ccccn3)cc12. The van der Waals surface area contributed by atoms with Crippen LogP contribution in [0.15, 0.2) is 134 Å². The van der Waals surface area contributed by atoms with E-state index in [1.165, 1.54) is 32.7 Å². The Kier molecular flexibility index (Phi) is 6.49. The highest BCUT2D eigenvalue weighted by Gasteiger charge is 2.18. The van der Waals surface area contributed by atoms with Crippen LogP contribution in [0.2, 0.25) is 0 Å². The highest BCUT2D eigenvalue weighted by Crippen LogP contribution is 2.41. The Labute approximate surface area is 244 Å². The van der Waals surface area contributed by atoms with Crippen LogP contribution in [0.3, 0.4) is 0 Å². The minimum absolute atomic E-state index is 0.855. The highest BCUT2D eigenvalue weighted by molar-refractivity contribution is 6.08. The fourth-order valence-corrected chi connectivity index (χ4v) is 5.69. The molecule has 0 amide bonds. The molecule has 42 heavy (non-hydrogen) atoms. The van der Waals surface area contributed by atoms with E-state index in [4.69, 9.17) is 0 Å². The summed E-state index contributed by atoms with van der Waals surface area (Å²) in [5.74, 6) is 1.71. The Morgan fingerprint density at radius 2 is 0.833 bits per heavy atom. The Morgan fingerprint density at radius 1 is 0.405 bits per heavy atom. The second-order valence-electron chi connectivity index (χ2n) is 10.2. The molecule has 0 bridgehead atoms. The van der Waals surface area contributed by atoms with Gasteiger partial charge in [0.1, 0.15) is 11.6 Å². The fraction of sp³-hybridized carbons (Fsp3) is 0.0556. The van der Waals surface area contributed by atoms with E-state index in [9.17, 15) is 0 Å². The zero-order valence-electron chi connectivity index (χ0n) is 23.4. The monoisotopic (exact) mass is 544 g/mol. The summed E-state index contributed by atoms with van der Waals surface area (Å²) in [5.41, 5.74) is 6.59. The summed E-state index contributed by atoms with van der Waals surface area (Å²) in [6.07, 6.45) is 10.9. The maximum absolute atomic E-state index is 4.67. The minimum atomic E-state index is 0.855. The van der Waals surface area contributed by atoms with Crippen molar-refractivity contribution in [3.63, 3.8) is 0 Å². The Balaban J connectivity index is 1.40. The van der Waals surface area contributed by atoms with Crippen molar-refractivity contribution in [2.45, 2.75) is 13.8 Å². The van der Waals surface area contributed by atoms with Crippen molar-refractivity contribution in [2.24, 2.45) is 0 Å². The van der Waals surface area contributed by atoms with E-state index < -0.39 is 0 Å². The molecule has 0 radical (unpaired) electrons. The molecular formula is C36H28N6. The number of rotatable bonds is 6. The zero-order valence-corrected chi connectivity index (χ0v) is 23.4. The highest BCUT2D eigenvalue weighted by atomic mass is 15.2. The van der Waals surface area contributed by atoms with Crippen LogP contribution in [0, 0.1) is 13.8 Å². The van der Waals surface area contributed by atoms with E-state index >= 15 is 0 Å². The van der Waals surface area contributed by atoms with E-state index in [0.717, 1.165) is 34.4 Å². The molecule has 4 aromatic heterocycles. The number of nitrogens with zero attached hydrogens (tertiary/aromatic N) is 6. The summed E-state index contributed by atoms with van der Waals surface area (Å²) in [6, 6.07) is 33.4. The van der Waals surface area contributed by atoms with E-state index in [-0.39, 0.29) is 0 Å². The molecule has 0 spiro atoms. The summed E-state index contributed by atoms with van der Waals surface area (Å²) in [4.78, 5) is 22.1. The molecule has 0 unspecified atom stereocenters. The van der Waals surface area contributed by atoms with Gasteiger partial charge >= 0.3 is 0 Å². The summed E-state index contributed by atoms with van der Waals surface area (Å²) in [7, 11) is 0. The van der Waals surface area contributed by atoms with Crippen molar-refractivity contribution < 1.29 is 0 Å². The van der Waals surface area contributed by atoms with Gasteiger partial charge in [0.2, 0.25) is 0 Å². The molecular weight excluding hydrogens is 516 g/mol. The zero-order chi connectivity index (χ0) is 28.5. The van der Waals surface area contributed by atoms with Crippen LogP contribution in [0.1, 0.15) is 11.1 Å². The molecule has 4 heterocycles. The van der Waals surface area contributed by atoms with Crippen LogP contribution in [0.4, 0.5) is 34.4 Å². The van der Waals surface area contributed by atoms with Crippen LogP contribution in [-0.2, 0) is 0 Å². The standard InChI is InChI=1S/C36H28N6/c1-25-31-11-9-30(42(28-15-21-38-22-16-28)36-8-4-6-18-40-36)24-34(31)26(2)32-12-10-29(23-33(25)32)41(27-13-19-37-20-14-27)35-7-3-5-17-39-35/h3-24H,1-2H3. The number of hydrogen-bond acceptors (Lipinski definition) is 6. The number of benzene rings is 3. The molecule has 3 aromatic carbocycles. The Bertz CT molecular complexity index is 1770. The average Bonchev–Trinajstić information content (AvgIpc) is 3.06. The van der Waals surface area contributed by atoms with Gasteiger partial charge in [-0.1, -0.05) is 24.3 Å². The van der Waals surface area contributed by atoms with Crippen molar-refractivity contribution in [3.05, 3.63) is 145 Å². The van der Waals surface area contributed by atoms with Crippen LogP contribution in [0.25, 0.3) is 21.5 Å². The van der Waals surface area contributed by atoms with Gasteiger partial charge in [0.05, 0.1) is 11.4 Å². The number of fused-ring (bicyclic) bond motifs is 2. The third kappa shape index (κ3) is 4.49. The van der Waals surface area contributed by atoms with E-state index in [2.05, 4.69) is 80.0 Å². The van der Waals surface area contributed by atoms with Crippen molar-refractivity contribution >= 4 is 55.9 Å². The summed E-state index contributed by atoms with van der Waals surface area (Å²) in [6.45, 7) is 4.43. The molecule has 7 rings (SSSR count). The van der Waals surface area contributed by atoms with Gasteiger partial charge in [-0.15, -0.1) is 0 Å². The third-order valence-corrected chi connectivity index (χ3v) is 7.74. The average molecular weight is 545 g/mol. The van der Waals surface area contributed by atoms with Crippen molar-refractivity contribution in [1.82, 2.24) is 19.9 Å². The quantitative estimate of drug-likeness (QED) is 0.195. The Morgan fingerprint density at radius 3 is 1.21 bits per heavy atom. The molecule has 0 saturated heterocycles. The lowest BCUT2D eigenvalue weighted by Crippen LogP contribution is -2.12. The topological polar surface area (TPSA) is 58.0 Å². The normalized spacial score (nSPS) is 11.1. The van der Waals surface area contributed by atoms with Crippen molar-refractivity contribution in [2.75, 3.05) is 9.80 Å². The molecule has 0 aliphatic carbocycles. The molecule has 7 aromatic rings. The lowest BCUT2D eigenvalue weighted by Gasteiger charge is -2.26. The van der Waals surface area contributed by atoms with Crippen LogP contribution >= 0.6 is 0 Å². The Hall–Kier alpha value is -5.62. The molecule has 0 aliphatic rings. The van der Waals surface area contributed by atoms with Gasteiger partial charge in [0, 0.05) is 48.6 Å².